The Morgan fingerprint density at radius 2 is 1.58 bits per heavy atom. The number of imidazole rings is 2. The van der Waals surface area contributed by atoms with Crippen LogP contribution in [0.5, 0.6) is 0 Å². The number of nitrogen functional groups attached to an aromatic ring is 2. The van der Waals surface area contributed by atoms with Gasteiger partial charge in [0.05, 0.1) is 26.6 Å². The molecule has 13 N–H and O–H groups in total. The lowest BCUT2D eigenvalue weighted by Crippen LogP contribution is -2.47. The molecular formula is C22H33N11O17P3+. The number of anilines is 2. The highest BCUT2D eigenvalue weighted by Crippen LogP contribution is 2.62. The summed E-state index contributed by atoms with van der Waals surface area (Å²) in [4.78, 5) is 72.5. The van der Waals surface area contributed by atoms with Gasteiger partial charge >= 0.3 is 29.0 Å². The molecule has 2 aliphatic heterocycles. The fraction of sp³-hybridized carbons (Fsp3) is 0.545. The molecule has 292 valence electrons. The van der Waals surface area contributed by atoms with Gasteiger partial charge in [-0.25, -0.2) is 23.2 Å². The van der Waals surface area contributed by atoms with E-state index in [0.717, 1.165) is 10.9 Å². The third-order valence-electron chi connectivity index (χ3n) is 7.99. The molecule has 0 bridgehead atoms. The highest BCUT2D eigenvalue weighted by molar-refractivity contribution is 7.71. The summed E-state index contributed by atoms with van der Waals surface area (Å²) < 4.78 is 71.8. The summed E-state index contributed by atoms with van der Waals surface area (Å²) in [7, 11) is -14.0. The lowest BCUT2D eigenvalue weighted by Gasteiger charge is -2.22. The monoisotopic (exact) mass is 816 g/mol. The predicted molar refractivity (Wildman–Crippen MR) is 171 cm³/mol. The van der Waals surface area contributed by atoms with Crippen molar-refractivity contribution in [2.45, 2.75) is 49.1 Å². The number of nitrogens with one attached hydrogen (secondary N) is 3. The molecule has 4 aromatic heterocycles. The average molecular weight is 816 g/mol. The van der Waals surface area contributed by atoms with E-state index in [4.69, 9.17) is 30.2 Å². The normalized spacial score (nSPS) is 29.7. The third kappa shape index (κ3) is 7.85. The van der Waals surface area contributed by atoms with Crippen LogP contribution in [0.1, 0.15) is 12.5 Å². The highest BCUT2D eigenvalue weighted by atomic mass is 31.3. The number of hydrogen-bond acceptors (Lipinski definition) is 19. The molecule has 28 nitrogen and oxygen atoms in total. The number of aliphatic hydroxyl groups is 3. The van der Waals surface area contributed by atoms with Crippen LogP contribution >= 0.6 is 23.3 Å². The second-order valence-electron chi connectivity index (χ2n) is 11.6. The number of rotatable bonds is 13. The van der Waals surface area contributed by atoms with Crippen LogP contribution in [0.15, 0.2) is 22.2 Å². The predicted octanol–water partition coefficient (Wildman–Crippen LogP) is -4.32. The maximum absolute atomic E-state index is 12.7. The largest absolute Gasteiger partial charge is 0.480 e. The van der Waals surface area contributed by atoms with Crippen LogP contribution in [0.2, 0.25) is 0 Å². The molecule has 0 aromatic carbocycles. The average Bonchev–Trinajstić information content (AvgIpc) is 3.77. The number of hydrogen-bond donors (Lipinski definition) is 11. The number of ether oxygens (including phenoxy) is 3. The van der Waals surface area contributed by atoms with Crippen molar-refractivity contribution in [3.05, 3.63) is 33.4 Å². The van der Waals surface area contributed by atoms with Gasteiger partial charge in [-0.1, -0.05) is 4.98 Å². The van der Waals surface area contributed by atoms with Crippen molar-refractivity contribution in [2.24, 2.45) is 7.05 Å². The first-order valence-electron chi connectivity index (χ1n) is 14.9. The van der Waals surface area contributed by atoms with E-state index in [0.29, 0.717) is 0 Å². The quantitative estimate of drug-likeness (QED) is 0.0449. The van der Waals surface area contributed by atoms with E-state index in [1.54, 1.807) is 0 Å². The fourth-order valence-electron chi connectivity index (χ4n) is 5.73. The molecule has 2 fully saturated rings. The van der Waals surface area contributed by atoms with Crippen molar-refractivity contribution in [1.82, 2.24) is 38.9 Å². The molecule has 2 saturated heterocycles. The number of aromatic nitrogens is 8. The number of H-pyrrole nitrogens is 2. The van der Waals surface area contributed by atoms with Gasteiger partial charge in [-0.15, -0.1) is 4.86 Å². The Morgan fingerprint density at radius 1 is 0.943 bits per heavy atom. The molecule has 11 atom stereocenters. The zero-order chi connectivity index (χ0) is 38.8. The molecule has 0 spiro atoms. The SMILES string of the molecule is CO[C@@H]1[C@H](O)[C@@H](COP(=O)(O)NP(=O)(O)OP(=O)(O)OC[C@H]2O[C@@H](n3cnc4c(=O)[nH]c(N)nc43)[C@H](O)[C@@H]2O)O[C@H]1[n+]1cn(C)c2c(=O)[nH]c(N)nc21. The minimum atomic E-state index is -5.73. The summed E-state index contributed by atoms with van der Waals surface area (Å²) in [5.74, 6) is -0.524. The maximum Gasteiger partial charge on any atom is 0.480 e. The first-order valence-corrected chi connectivity index (χ1v) is 19.5. The summed E-state index contributed by atoms with van der Waals surface area (Å²) in [6, 6.07) is 0. The van der Waals surface area contributed by atoms with Gasteiger partial charge in [-0.2, -0.15) is 9.29 Å². The van der Waals surface area contributed by atoms with E-state index in [9.17, 15) is 53.3 Å². The van der Waals surface area contributed by atoms with Gasteiger partial charge < -0.3 is 55.7 Å². The Hall–Kier alpha value is -3.53. The van der Waals surface area contributed by atoms with Crippen LogP contribution in [-0.4, -0.2) is 121 Å². The second kappa shape index (κ2) is 14.3. The number of fused-ring (bicyclic) bond motifs is 2. The van der Waals surface area contributed by atoms with E-state index in [-0.39, 0.29) is 34.2 Å². The van der Waals surface area contributed by atoms with Gasteiger partial charge in [-0.05, 0) is 0 Å². The van der Waals surface area contributed by atoms with E-state index >= 15 is 0 Å². The molecule has 53 heavy (non-hydrogen) atoms. The molecule has 3 unspecified atom stereocenters. The molecule has 2 aliphatic rings. The second-order valence-corrected chi connectivity index (χ2v) is 16.6. The van der Waals surface area contributed by atoms with Gasteiger partial charge in [0.1, 0.15) is 36.6 Å². The summed E-state index contributed by atoms with van der Waals surface area (Å²) in [5.41, 5.74) is 9.73. The van der Waals surface area contributed by atoms with Crippen LogP contribution in [0.4, 0.5) is 11.9 Å². The van der Waals surface area contributed by atoms with Crippen molar-refractivity contribution in [3.63, 3.8) is 0 Å². The highest BCUT2D eigenvalue weighted by Gasteiger charge is 2.50. The molecule has 6 rings (SSSR count). The summed E-state index contributed by atoms with van der Waals surface area (Å²) >= 11 is 0. The van der Waals surface area contributed by atoms with Gasteiger partial charge in [0.15, 0.2) is 23.7 Å². The van der Waals surface area contributed by atoms with Gasteiger partial charge in [0.25, 0.3) is 17.1 Å². The van der Waals surface area contributed by atoms with Crippen LogP contribution in [-0.2, 0) is 48.3 Å². The molecule has 4 aromatic rings. The van der Waals surface area contributed by atoms with E-state index in [1.165, 1.54) is 34.5 Å². The molecule has 0 radical (unpaired) electrons. The van der Waals surface area contributed by atoms with Gasteiger partial charge in [0, 0.05) is 7.11 Å². The summed E-state index contributed by atoms with van der Waals surface area (Å²) in [5, 5.41) is 31.8. The fourth-order valence-corrected chi connectivity index (χ4v) is 9.70. The van der Waals surface area contributed by atoms with Crippen LogP contribution in [0.25, 0.3) is 22.3 Å². The number of aryl methyl sites for hydroxylation is 1. The zero-order valence-electron chi connectivity index (χ0n) is 27.0. The van der Waals surface area contributed by atoms with Crippen molar-refractivity contribution < 1.29 is 75.8 Å². The van der Waals surface area contributed by atoms with Gasteiger partial charge in [-0.3, -0.25) is 37.7 Å². The van der Waals surface area contributed by atoms with E-state index in [1.807, 2.05) is 0 Å². The molecule has 31 heteroatoms. The Balaban J connectivity index is 1.06. The van der Waals surface area contributed by atoms with E-state index in [2.05, 4.69) is 33.8 Å². The number of nitrogens with zero attached hydrogens (tertiary/aromatic N) is 6. The summed E-state index contributed by atoms with van der Waals surface area (Å²) in [6.07, 6.45) is -9.52. The number of phosphoric ester groups is 1. The molecule has 0 saturated carbocycles. The number of aromatic amines is 2. The summed E-state index contributed by atoms with van der Waals surface area (Å²) in [6.45, 7) is -1.99. The Labute approximate surface area is 293 Å². The maximum atomic E-state index is 12.7. The lowest BCUT2D eigenvalue weighted by molar-refractivity contribution is -0.746. The number of phosphoric acid groups is 1. The van der Waals surface area contributed by atoms with Crippen LogP contribution in [0, 0.1) is 0 Å². The Kier molecular flexibility index (Phi) is 10.6. The van der Waals surface area contributed by atoms with Crippen molar-refractivity contribution in [1.29, 1.82) is 0 Å². The topological polar surface area (TPSA) is 410 Å². The first kappa shape index (κ1) is 39.2. The van der Waals surface area contributed by atoms with Crippen molar-refractivity contribution in [2.75, 3.05) is 31.8 Å². The third-order valence-corrected chi connectivity index (χ3v) is 12.7. The van der Waals surface area contributed by atoms with Gasteiger partial charge in [0.2, 0.25) is 17.7 Å². The zero-order valence-corrected chi connectivity index (χ0v) is 29.7. The van der Waals surface area contributed by atoms with Crippen molar-refractivity contribution >= 4 is 57.5 Å². The molecule has 0 amide bonds. The number of aliphatic hydroxyl groups excluding tert-OH is 3. The number of methoxy groups -OCH3 is 1. The smallest absolute Gasteiger partial charge is 0.387 e. The Morgan fingerprint density at radius 3 is 2.28 bits per heavy atom. The molecular weight excluding hydrogens is 783 g/mol. The lowest BCUT2D eigenvalue weighted by atomic mass is 10.1. The van der Waals surface area contributed by atoms with E-state index < -0.39 is 96.7 Å². The van der Waals surface area contributed by atoms with Crippen LogP contribution < -0.4 is 32.0 Å². The minimum absolute atomic E-state index is 0.0376. The van der Waals surface area contributed by atoms with Crippen molar-refractivity contribution in [3.8, 4) is 0 Å². The van der Waals surface area contributed by atoms with Crippen LogP contribution in [0.3, 0.4) is 0 Å². The Bertz CT molecular complexity index is 2300. The molecule has 0 aliphatic carbocycles. The standard InChI is InChI=1S/C22H32N11O17P3/c1-31-6-33(16-10(31)18(38)29-22(24)27-16)20-14(45-2)12(35)8(49-20)3-46-51(39,40)30-52(41,42)50-53(43,44)47-4-7-11(34)13(36)19(48-7)32-5-25-9-15(32)26-21(23)28-17(9)37/h5-8,11-14,19-20,34-36H,3-4H2,1-2H3,(H9-,23,24,26,27,28,29,30,37,38,39,40,41,42,43,44)/p+1/t7-,8-,11-,12-,13-,14-,19-,20-/m1/s1. The first-order chi connectivity index (χ1) is 24.7. The molecule has 6 heterocycles. The minimum Gasteiger partial charge on any atom is -0.387 e. The number of nitrogens with two attached hydrogens (primary N) is 2.